The van der Waals surface area contributed by atoms with Crippen LogP contribution in [0.4, 0.5) is 0 Å². The average Bonchev–Trinajstić information content (AvgIpc) is 1.69. The Morgan fingerprint density at radius 1 is 1.12 bits per heavy atom. The van der Waals surface area contributed by atoms with Crippen molar-refractivity contribution in [2.75, 3.05) is 0 Å². The molecule has 0 aliphatic carbocycles. The maximum absolute atomic E-state index is 8.63. The van der Waals surface area contributed by atoms with Crippen molar-refractivity contribution in [1.29, 1.82) is 0 Å². The fraction of sp³-hybridized carbons (Fsp3) is 0. The van der Waals surface area contributed by atoms with E-state index in [1.54, 1.807) is 24.3 Å². The molecule has 46 valence electrons. The van der Waals surface area contributed by atoms with Gasteiger partial charge in [-0.2, -0.15) is 0 Å². The van der Waals surface area contributed by atoms with Crippen LogP contribution in [0.1, 0.15) is 4.28 Å². The fourth-order valence-corrected chi connectivity index (χ4v) is 0.428. The van der Waals surface area contributed by atoms with E-state index in [9.17, 15) is 0 Å². The number of rotatable bonds is 0. The van der Waals surface area contributed by atoms with E-state index >= 15 is 0 Å². The Labute approximate surface area is 67.7 Å². The smallest absolute Gasteiger partial charge is 0.115 e. The van der Waals surface area contributed by atoms with Gasteiger partial charge in [0, 0.05) is 21.7 Å². The summed E-state index contributed by atoms with van der Waals surface area (Å²) in [6, 6.07) is 8.71. The number of aromatic hydroxyl groups is 1. The van der Waals surface area contributed by atoms with Gasteiger partial charge >= 0.3 is 0 Å². The fourth-order valence-electron chi connectivity index (χ4n) is 0.428. The minimum atomic E-state index is 0. The van der Waals surface area contributed by atoms with Crippen LogP contribution in [0.15, 0.2) is 30.3 Å². The van der Waals surface area contributed by atoms with Crippen molar-refractivity contribution < 1.29 is 31.1 Å². The molecule has 1 N–H and O–H groups in total. The molecule has 1 rings (SSSR count). The number of hydrogen-bond donors (Lipinski definition) is 1. The summed E-state index contributed by atoms with van der Waals surface area (Å²) in [6.45, 7) is 0. The van der Waals surface area contributed by atoms with E-state index in [4.69, 9.17) is 5.11 Å². The van der Waals surface area contributed by atoms with Gasteiger partial charge in [0.05, 0.1) is 0 Å². The molecule has 0 saturated heterocycles. The van der Waals surface area contributed by atoms with Gasteiger partial charge in [0.2, 0.25) is 0 Å². The predicted molar refractivity (Wildman–Crippen MR) is 31.4 cm³/mol. The molecular formula is C6H9OTi-3. The molecule has 0 radical (unpaired) electrons. The van der Waals surface area contributed by atoms with Gasteiger partial charge in [-0.3, -0.25) is 0 Å². The maximum atomic E-state index is 8.63. The molecule has 0 aromatic heterocycles. The summed E-state index contributed by atoms with van der Waals surface area (Å²) in [4.78, 5) is 0. The molecule has 2 heteroatoms. The Morgan fingerprint density at radius 2 is 1.62 bits per heavy atom. The third-order valence-electron chi connectivity index (χ3n) is 0.756. The minimum absolute atomic E-state index is 0. The van der Waals surface area contributed by atoms with Gasteiger partial charge in [-0.25, -0.2) is 0 Å². The topological polar surface area (TPSA) is 20.2 Å². The first-order chi connectivity index (χ1) is 3.39. The first-order valence-corrected chi connectivity index (χ1v) is 2.13. The van der Waals surface area contributed by atoms with Crippen molar-refractivity contribution in [1.82, 2.24) is 0 Å². The van der Waals surface area contributed by atoms with E-state index in [0.29, 0.717) is 5.75 Å². The van der Waals surface area contributed by atoms with Crippen molar-refractivity contribution in [3.05, 3.63) is 30.3 Å². The van der Waals surface area contributed by atoms with E-state index in [1.165, 1.54) is 0 Å². The van der Waals surface area contributed by atoms with Gasteiger partial charge < -0.3 is 9.39 Å². The number of phenols is 1. The van der Waals surface area contributed by atoms with Gasteiger partial charge in [-0.05, 0) is 12.1 Å². The molecule has 0 unspecified atom stereocenters. The summed E-state index contributed by atoms with van der Waals surface area (Å²) >= 11 is 0. The van der Waals surface area contributed by atoms with Crippen LogP contribution in [-0.4, -0.2) is 5.11 Å². The van der Waals surface area contributed by atoms with Gasteiger partial charge in [-0.15, -0.1) is 0 Å². The van der Waals surface area contributed by atoms with E-state index in [2.05, 4.69) is 0 Å². The molecule has 0 heterocycles. The van der Waals surface area contributed by atoms with Crippen LogP contribution in [0.3, 0.4) is 0 Å². The Balaban J connectivity index is -0.0000000612. The Kier molecular flexibility index (Phi) is 3.58. The molecule has 0 fully saturated rings. The van der Waals surface area contributed by atoms with Crippen molar-refractivity contribution in [2.24, 2.45) is 0 Å². The molecule has 1 aromatic carbocycles. The van der Waals surface area contributed by atoms with Crippen LogP contribution in [-0.2, 0) is 21.7 Å². The zero-order valence-electron chi connectivity index (χ0n) is 7.33. The molecular weight excluding hydrogens is 136 g/mol. The van der Waals surface area contributed by atoms with Gasteiger partial charge in [0.1, 0.15) is 5.75 Å². The quantitative estimate of drug-likeness (QED) is 0.551. The minimum Gasteiger partial charge on any atom is -1.00 e. The molecule has 8 heavy (non-hydrogen) atoms. The third kappa shape index (κ3) is 2.15. The first-order valence-electron chi connectivity index (χ1n) is 2.13. The summed E-state index contributed by atoms with van der Waals surface area (Å²) in [5, 5.41) is 8.63. The second-order valence-electron chi connectivity index (χ2n) is 1.34. The molecule has 0 aliphatic rings. The van der Waals surface area contributed by atoms with Crippen LogP contribution in [0.25, 0.3) is 0 Å². The van der Waals surface area contributed by atoms with E-state index in [1.807, 2.05) is 6.07 Å². The third-order valence-corrected chi connectivity index (χ3v) is 0.756. The average molecular weight is 145 g/mol. The first kappa shape index (κ1) is 7.73. The van der Waals surface area contributed by atoms with Crippen molar-refractivity contribution in [2.45, 2.75) is 0 Å². The maximum Gasteiger partial charge on any atom is 0.115 e. The van der Waals surface area contributed by atoms with Crippen LogP contribution in [0.5, 0.6) is 5.75 Å². The van der Waals surface area contributed by atoms with Crippen LogP contribution >= 0.6 is 0 Å². The molecule has 0 spiro atoms. The van der Waals surface area contributed by atoms with Crippen molar-refractivity contribution in [3.8, 4) is 5.75 Å². The van der Waals surface area contributed by atoms with Gasteiger partial charge in [0.25, 0.3) is 0 Å². The van der Waals surface area contributed by atoms with E-state index in [-0.39, 0.29) is 26.0 Å². The molecule has 0 bridgehead atoms. The normalized spacial score (nSPS) is 7.50. The number of hydrogen-bond acceptors (Lipinski definition) is 1. The number of benzene rings is 1. The molecule has 1 nitrogen and oxygen atoms in total. The zero-order valence-corrected chi connectivity index (χ0v) is 5.90. The second-order valence-corrected chi connectivity index (χ2v) is 1.34. The van der Waals surface area contributed by atoms with Crippen LogP contribution in [0, 0.1) is 0 Å². The summed E-state index contributed by atoms with van der Waals surface area (Å²) < 4.78 is 0. The van der Waals surface area contributed by atoms with Gasteiger partial charge in [0.15, 0.2) is 0 Å². The molecule has 0 atom stereocenters. The Bertz CT molecular complexity index is 148. The van der Waals surface area contributed by atoms with E-state index < -0.39 is 0 Å². The summed E-state index contributed by atoms with van der Waals surface area (Å²) in [7, 11) is 0. The molecule has 0 saturated carbocycles. The predicted octanol–water partition coefficient (Wildman–Crippen LogP) is 1.73. The van der Waals surface area contributed by atoms with Crippen LogP contribution in [0.2, 0.25) is 0 Å². The summed E-state index contributed by atoms with van der Waals surface area (Å²) in [5.74, 6) is 0.322. The Morgan fingerprint density at radius 3 is 1.88 bits per heavy atom. The zero-order chi connectivity index (χ0) is 5.11. The monoisotopic (exact) mass is 145 g/mol. The number of phenolic OH excluding ortho intramolecular Hbond substituents is 1. The number of para-hydroxylation sites is 1. The summed E-state index contributed by atoms with van der Waals surface area (Å²) in [5.41, 5.74) is 0. The van der Waals surface area contributed by atoms with E-state index in [0.717, 1.165) is 0 Å². The molecule has 0 amide bonds. The van der Waals surface area contributed by atoms with Crippen LogP contribution < -0.4 is 0 Å². The largest absolute Gasteiger partial charge is 1.00 e. The summed E-state index contributed by atoms with van der Waals surface area (Å²) in [6.07, 6.45) is 0. The van der Waals surface area contributed by atoms with Crippen molar-refractivity contribution >= 4 is 0 Å². The SMILES string of the molecule is Oc1ccccc1.[H-].[H-].[H-].[Ti]. The second kappa shape index (κ2) is 3.70. The van der Waals surface area contributed by atoms with Gasteiger partial charge in [-0.1, -0.05) is 18.2 Å². The Hall–Kier alpha value is -0.266. The standard InChI is InChI=1S/C6H6O.Ti.3H/c7-6-4-2-1-3-5-6;;;;/h1-5,7H;;;;/q;;3*-1. The van der Waals surface area contributed by atoms with Crippen molar-refractivity contribution in [3.63, 3.8) is 0 Å². The molecule has 0 aliphatic heterocycles. The molecule has 1 aromatic rings.